The Bertz CT molecular complexity index is 101. The van der Waals surface area contributed by atoms with Crippen molar-refractivity contribution in [1.82, 2.24) is 0 Å². The van der Waals surface area contributed by atoms with Crippen molar-refractivity contribution < 1.29 is 0 Å². The first kappa shape index (κ1) is 8.92. The van der Waals surface area contributed by atoms with Crippen LogP contribution in [0, 0.1) is 0 Å². The minimum absolute atomic E-state index is 1.03. The van der Waals surface area contributed by atoms with Crippen LogP contribution < -0.4 is 0 Å². The standard InChI is InChI=1S/C5H10Br2Si/c1-8(2,3)5(7)4-6/h4H,1-3H3/b5-4-. The number of hydrogen-bond acceptors (Lipinski definition) is 0. The monoisotopic (exact) mass is 256 g/mol. The van der Waals surface area contributed by atoms with Gasteiger partial charge in [-0.3, -0.25) is 0 Å². The van der Waals surface area contributed by atoms with Gasteiger partial charge in [-0.2, -0.15) is 0 Å². The van der Waals surface area contributed by atoms with E-state index in [0.717, 1.165) is 0 Å². The summed E-state index contributed by atoms with van der Waals surface area (Å²) in [6, 6.07) is 0. The predicted molar refractivity (Wildman–Crippen MR) is 49.3 cm³/mol. The molecule has 0 spiro atoms. The molecule has 0 saturated carbocycles. The fourth-order valence-electron chi connectivity index (χ4n) is 0.164. The Morgan fingerprint density at radius 1 is 1.38 bits per heavy atom. The Labute approximate surface area is 68.6 Å². The molecule has 0 unspecified atom stereocenters. The van der Waals surface area contributed by atoms with Crippen molar-refractivity contribution in [3.05, 3.63) is 9.09 Å². The highest BCUT2D eigenvalue weighted by Crippen LogP contribution is 2.21. The summed E-state index contributed by atoms with van der Waals surface area (Å²) in [7, 11) is -1.03. The van der Waals surface area contributed by atoms with Gasteiger partial charge in [-0.15, -0.1) is 0 Å². The van der Waals surface area contributed by atoms with E-state index in [2.05, 4.69) is 51.5 Å². The van der Waals surface area contributed by atoms with Crippen molar-refractivity contribution >= 4 is 39.9 Å². The van der Waals surface area contributed by atoms with Crippen molar-refractivity contribution in [1.29, 1.82) is 0 Å². The summed E-state index contributed by atoms with van der Waals surface area (Å²) in [5.41, 5.74) is 0. The molecule has 0 aromatic carbocycles. The summed E-state index contributed by atoms with van der Waals surface area (Å²) in [4.78, 5) is 1.96. The average molecular weight is 258 g/mol. The molecule has 0 radical (unpaired) electrons. The molecular formula is C5H10Br2Si. The van der Waals surface area contributed by atoms with Gasteiger partial charge in [-0.05, 0) is 9.09 Å². The Kier molecular flexibility index (Phi) is 3.54. The molecule has 0 aromatic heterocycles. The zero-order chi connectivity index (χ0) is 6.78. The third kappa shape index (κ3) is 3.05. The molecule has 8 heavy (non-hydrogen) atoms. The first-order chi connectivity index (χ1) is 3.48. The maximum absolute atomic E-state index is 3.47. The van der Waals surface area contributed by atoms with Crippen LogP contribution >= 0.6 is 31.9 Å². The van der Waals surface area contributed by atoms with Gasteiger partial charge in [0.05, 0.1) is 8.07 Å². The lowest BCUT2D eigenvalue weighted by Gasteiger charge is -2.12. The number of halogens is 2. The molecule has 0 amide bonds. The van der Waals surface area contributed by atoms with Crippen LogP contribution in [-0.4, -0.2) is 8.07 Å². The van der Waals surface area contributed by atoms with Crippen molar-refractivity contribution in [3.63, 3.8) is 0 Å². The highest BCUT2D eigenvalue weighted by molar-refractivity contribution is 9.14. The predicted octanol–water partition coefficient (Wildman–Crippen LogP) is 3.50. The van der Waals surface area contributed by atoms with E-state index in [-0.39, 0.29) is 0 Å². The minimum Gasteiger partial charge on any atom is -0.0651 e. The van der Waals surface area contributed by atoms with Gasteiger partial charge in [-0.1, -0.05) is 51.5 Å². The lowest BCUT2D eigenvalue weighted by molar-refractivity contribution is 1.76. The van der Waals surface area contributed by atoms with Gasteiger partial charge >= 0.3 is 0 Å². The van der Waals surface area contributed by atoms with Gasteiger partial charge in [-0.25, -0.2) is 0 Å². The molecule has 48 valence electrons. The smallest absolute Gasteiger partial charge is 0.0651 e. The summed E-state index contributed by atoms with van der Waals surface area (Å²) in [6.45, 7) is 6.86. The van der Waals surface area contributed by atoms with Crippen molar-refractivity contribution in [2.45, 2.75) is 19.6 Å². The summed E-state index contributed by atoms with van der Waals surface area (Å²) in [5, 5.41) is 0. The largest absolute Gasteiger partial charge is 0.0872 e. The van der Waals surface area contributed by atoms with Gasteiger partial charge in [0, 0.05) is 0 Å². The molecule has 0 saturated heterocycles. The summed E-state index contributed by atoms with van der Waals surface area (Å²) >= 11 is 6.75. The van der Waals surface area contributed by atoms with E-state index in [9.17, 15) is 0 Å². The van der Waals surface area contributed by atoms with E-state index in [0.29, 0.717) is 0 Å². The molecule has 0 atom stereocenters. The Morgan fingerprint density at radius 2 is 1.75 bits per heavy atom. The lowest BCUT2D eigenvalue weighted by atomic mass is 11.2. The van der Waals surface area contributed by atoms with Crippen LogP contribution in [-0.2, 0) is 0 Å². The summed E-state index contributed by atoms with van der Waals surface area (Å²) < 4.78 is 1.32. The Morgan fingerprint density at radius 3 is 1.75 bits per heavy atom. The second-order valence-corrected chi connectivity index (χ2v) is 9.79. The Hall–Kier alpha value is 0.917. The second kappa shape index (κ2) is 3.18. The van der Waals surface area contributed by atoms with Crippen LogP contribution in [0.15, 0.2) is 9.09 Å². The summed E-state index contributed by atoms with van der Waals surface area (Å²) in [6.07, 6.45) is 0. The molecule has 0 aromatic rings. The van der Waals surface area contributed by atoms with Gasteiger partial charge in [0.25, 0.3) is 0 Å². The molecule has 0 fully saturated rings. The first-order valence-corrected chi connectivity index (χ1v) is 7.65. The molecule has 0 aliphatic rings. The molecule has 0 nitrogen and oxygen atoms in total. The van der Waals surface area contributed by atoms with Crippen LogP contribution in [0.5, 0.6) is 0 Å². The van der Waals surface area contributed by atoms with Crippen LogP contribution in [0.1, 0.15) is 0 Å². The van der Waals surface area contributed by atoms with Crippen LogP contribution in [0.2, 0.25) is 19.6 Å². The maximum atomic E-state index is 3.47. The van der Waals surface area contributed by atoms with E-state index >= 15 is 0 Å². The van der Waals surface area contributed by atoms with Crippen molar-refractivity contribution in [2.75, 3.05) is 0 Å². The fourth-order valence-corrected chi connectivity index (χ4v) is 2.55. The number of hydrogen-bond donors (Lipinski definition) is 0. The van der Waals surface area contributed by atoms with Gasteiger partial charge < -0.3 is 0 Å². The molecule has 0 heterocycles. The van der Waals surface area contributed by atoms with E-state index < -0.39 is 8.07 Å². The third-order valence-corrected chi connectivity index (χ3v) is 7.68. The third-order valence-electron chi connectivity index (χ3n) is 0.812. The maximum Gasteiger partial charge on any atom is 0.0872 e. The van der Waals surface area contributed by atoms with E-state index in [1.807, 2.05) is 4.99 Å². The summed E-state index contributed by atoms with van der Waals surface area (Å²) in [5.74, 6) is 0. The van der Waals surface area contributed by atoms with E-state index in [1.54, 1.807) is 0 Å². The zero-order valence-corrected chi connectivity index (χ0v) is 9.51. The molecule has 0 N–H and O–H groups in total. The normalized spacial score (nSPS) is 14.4. The van der Waals surface area contributed by atoms with Crippen LogP contribution in [0.3, 0.4) is 0 Å². The van der Waals surface area contributed by atoms with E-state index in [4.69, 9.17) is 0 Å². The molecule has 0 rings (SSSR count). The molecule has 0 bridgehead atoms. The fraction of sp³-hybridized carbons (Fsp3) is 0.600. The van der Waals surface area contributed by atoms with Gasteiger partial charge in [0.1, 0.15) is 0 Å². The first-order valence-electron chi connectivity index (χ1n) is 2.45. The molecule has 0 aliphatic carbocycles. The van der Waals surface area contributed by atoms with Gasteiger partial charge in [0.2, 0.25) is 0 Å². The SMILES string of the molecule is C[Si](C)(C)/C(Br)=C\Br. The minimum atomic E-state index is -1.03. The molecular weight excluding hydrogens is 248 g/mol. The second-order valence-electron chi connectivity index (χ2n) is 2.71. The van der Waals surface area contributed by atoms with Crippen LogP contribution in [0.25, 0.3) is 0 Å². The quantitative estimate of drug-likeness (QED) is 0.631. The Balaban J connectivity index is 4.03. The average Bonchev–Trinajstić information content (AvgIpc) is 1.62. The number of rotatable bonds is 1. The highest BCUT2D eigenvalue weighted by Gasteiger charge is 2.15. The van der Waals surface area contributed by atoms with Crippen molar-refractivity contribution in [2.24, 2.45) is 0 Å². The zero-order valence-electron chi connectivity index (χ0n) is 5.33. The van der Waals surface area contributed by atoms with Gasteiger partial charge in [0.15, 0.2) is 0 Å². The van der Waals surface area contributed by atoms with Crippen LogP contribution in [0.4, 0.5) is 0 Å². The topological polar surface area (TPSA) is 0 Å². The molecule has 3 heteroatoms. The van der Waals surface area contributed by atoms with E-state index in [1.165, 1.54) is 4.11 Å². The van der Waals surface area contributed by atoms with Crippen molar-refractivity contribution in [3.8, 4) is 0 Å². The lowest BCUT2D eigenvalue weighted by Crippen LogP contribution is -2.19. The molecule has 0 aliphatic heterocycles. The highest BCUT2D eigenvalue weighted by atomic mass is 79.9.